The number of amides is 1. The predicted octanol–water partition coefficient (Wildman–Crippen LogP) is -1.12. The van der Waals surface area contributed by atoms with Gasteiger partial charge in [-0.2, -0.15) is 0 Å². The normalized spacial score (nSPS) is 10.9. The zero-order chi connectivity index (χ0) is 14.8. The van der Waals surface area contributed by atoms with E-state index in [2.05, 4.69) is 15.3 Å². The van der Waals surface area contributed by atoms with E-state index in [-0.39, 0.29) is 12.2 Å². The number of nitrogens with one attached hydrogen (secondary N) is 1. The minimum absolute atomic E-state index is 0.0972. The summed E-state index contributed by atoms with van der Waals surface area (Å²) < 4.78 is 7.89. The molecular weight excluding hydrogens is 278 g/mol. The molecule has 0 atom stereocenters. The first kappa shape index (κ1) is 13.0. The Morgan fingerprint density at radius 2 is 2.29 bits per heavy atom. The number of carbonyl (C=O) groups is 1. The van der Waals surface area contributed by atoms with Crippen LogP contribution < -0.4 is 17.0 Å². The Morgan fingerprint density at radius 3 is 3.10 bits per heavy atom. The molecule has 108 valence electrons. The number of hydrogen-bond acceptors (Lipinski definition) is 7. The third kappa shape index (κ3) is 2.39. The molecule has 0 aliphatic carbocycles. The van der Waals surface area contributed by atoms with Gasteiger partial charge in [0.1, 0.15) is 0 Å². The SMILES string of the molecule is NNC(=O)c1cn(CCn2c(=O)oc3cccnc32)nn1. The second kappa shape index (κ2) is 5.17. The van der Waals surface area contributed by atoms with Gasteiger partial charge in [-0.1, -0.05) is 5.21 Å². The number of nitrogens with zero attached hydrogens (tertiary/aromatic N) is 5. The molecule has 3 heterocycles. The van der Waals surface area contributed by atoms with E-state index >= 15 is 0 Å². The topological polar surface area (TPSA) is 134 Å². The molecule has 0 fully saturated rings. The average molecular weight is 289 g/mol. The van der Waals surface area contributed by atoms with E-state index in [9.17, 15) is 9.59 Å². The van der Waals surface area contributed by atoms with E-state index in [1.807, 2.05) is 5.43 Å². The number of nitrogen functional groups attached to an aromatic ring is 1. The Morgan fingerprint density at radius 1 is 1.43 bits per heavy atom. The standard InChI is InChI=1S/C11H11N7O3/c12-14-10(19)7-6-17(16-15-7)4-5-18-9-8(21-11(18)20)2-1-3-13-9/h1-3,6H,4-5,12H2,(H,14,19). The first-order chi connectivity index (χ1) is 10.2. The molecular formula is C11H11N7O3. The monoisotopic (exact) mass is 289 g/mol. The maximum absolute atomic E-state index is 11.8. The second-order valence-corrected chi connectivity index (χ2v) is 4.19. The molecule has 0 unspecified atom stereocenters. The summed E-state index contributed by atoms with van der Waals surface area (Å²) in [5.41, 5.74) is 2.94. The van der Waals surface area contributed by atoms with Gasteiger partial charge in [-0.05, 0) is 12.1 Å². The van der Waals surface area contributed by atoms with Gasteiger partial charge < -0.3 is 4.42 Å². The van der Waals surface area contributed by atoms with Crippen molar-refractivity contribution in [3.63, 3.8) is 0 Å². The third-order valence-electron chi connectivity index (χ3n) is 2.88. The molecule has 1 amide bonds. The Hall–Kier alpha value is -3.01. The number of oxazole rings is 1. The molecule has 0 aromatic carbocycles. The fraction of sp³-hybridized carbons (Fsp3) is 0.182. The molecule has 10 nitrogen and oxygen atoms in total. The maximum Gasteiger partial charge on any atom is 0.421 e. The summed E-state index contributed by atoms with van der Waals surface area (Å²) in [7, 11) is 0. The van der Waals surface area contributed by atoms with Crippen molar-refractivity contribution >= 4 is 17.1 Å². The van der Waals surface area contributed by atoms with Gasteiger partial charge in [0.2, 0.25) is 0 Å². The maximum atomic E-state index is 11.8. The summed E-state index contributed by atoms with van der Waals surface area (Å²) in [6, 6.07) is 3.35. The lowest BCUT2D eigenvalue weighted by molar-refractivity contribution is 0.0948. The molecule has 3 aromatic heterocycles. The van der Waals surface area contributed by atoms with Crippen LogP contribution in [0.5, 0.6) is 0 Å². The minimum atomic E-state index is -0.533. The van der Waals surface area contributed by atoms with Gasteiger partial charge >= 0.3 is 5.76 Å². The van der Waals surface area contributed by atoms with Crippen molar-refractivity contribution in [3.05, 3.63) is 40.8 Å². The fourth-order valence-electron chi connectivity index (χ4n) is 1.89. The van der Waals surface area contributed by atoms with Crippen molar-refractivity contribution < 1.29 is 9.21 Å². The van der Waals surface area contributed by atoms with Crippen LogP contribution >= 0.6 is 0 Å². The van der Waals surface area contributed by atoms with Gasteiger partial charge in [0, 0.05) is 6.20 Å². The number of fused-ring (bicyclic) bond motifs is 1. The van der Waals surface area contributed by atoms with Crippen LogP contribution in [-0.4, -0.2) is 30.5 Å². The number of aryl methyl sites for hydroxylation is 2. The van der Waals surface area contributed by atoms with Gasteiger partial charge in [0.25, 0.3) is 5.91 Å². The lowest BCUT2D eigenvalue weighted by Gasteiger charge is -2.00. The highest BCUT2D eigenvalue weighted by Gasteiger charge is 2.12. The number of carbonyl (C=O) groups excluding carboxylic acids is 1. The summed E-state index contributed by atoms with van der Waals surface area (Å²) in [6.45, 7) is 0.617. The Kier molecular flexibility index (Phi) is 3.20. The van der Waals surface area contributed by atoms with Crippen molar-refractivity contribution in [2.24, 2.45) is 5.84 Å². The van der Waals surface area contributed by atoms with E-state index in [1.54, 1.807) is 18.3 Å². The molecule has 0 aliphatic rings. The Labute approximate surface area is 117 Å². The lowest BCUT2D eigenvalue weighted by atomic mass is 10.4. The molecule has 0 aliphatic heterocycles. The number of pyridine rings is 1. The van der Waals surface area contributed by atoms with E-state index in [0.717, 1.165) is 0 Å². The van der Waals surface area contributed by atoms with E-state index in [0.29, 0.717) is 17.8 Å². The van der Waals surface area contributed by atoms with Crippen LogP contribution in [-0.2, 0) is 13.1 Å². The van der Waals surface area contributed by atoms with Crippen molar-refractivity contribution in [2.45, 2.75) is 13.1 Å². The molecule has 0 radical (unpaired) electrons. The van der Waals surface area contributed by atoms with E-state index in [4.69, 9.17) is 10.3 Å². The first-order valence-electron chi connectivity index (χ1n) is 6.04. The minimum Gasteiger partial charge on any atom is -0.406 e. The highest BCUT2D eigenvalue weighted by atomic mass is 16.4. The van der Waals surface area contributed by atoms with Crippen LogP contribution in [0.3, 0.4) is 0 Å². The van der Waals surface area contributed by atoms with E-state index in [1.165, 1.54) is 15.4 Å². The molecule has 0 bridgehead atoms. The third-order valence-corrected chi connectivity index (χ3v) is 2.88. The zero-order valence-corrected chi connectivity index (χ0v) is 10.8. The average Bonchev–Trinajstić information content (AvgIpc) is 3.08. The molecule has 3 N–H and O–H groups in total. The predicted molar refractivity (Wildman–Crippen MR) is 69.9 cm³/mol. The number of hydrogen-bond donors (Lipinski definition) is 2. The lowest BCUT2D eigenvalue weighted by Crippen LogP contribution is -2.30. The van der Waals surface area contributed by atoms with Crippen molar-refractivity contribution in [3.8, 4) is 0 Å². The van der Waals surface area contributed by atoms with Crippen LogP contribution in [0.2, 0.25) is 0 Å². The molecule has 0 spiro atoms. The fourth-order valence-corrected chi connectivity index (χ4v) is 1.89. The highest BCUT2D eigenvalue weighted by Crippen LogP contribution is 2.08. The van der Waals surface area contributed by atoms with Crippen LogP contribution in [0, 0.1) is 0 Å². The molecule has 3 rings (SSSR count). The summed E-state index contributed by atoms with van der Waals surface area (Å²) in [6.07, 6.45) is 3.01. The molecule has 21 heavy (non-hydrogen) atoms. The number of hydrazine groups is 1. The molecule has 10 heteroatoms. The summed E-state index contributed by atoms with van der Waals surface area (Å²) in [4.78, 5) is 27.1. The Bertz CT molecular complexity index is 847. The van der Waals surface area contributed by atoms with Crippen molar-refractivity contribution in [2.75, 3.05) is 0 Å². The summed E-state index contributed by atoms with van der Waals surface area (Å²) >= 11 is 0. The number of nitrogens with two attached hydrogens (primary N) is 1. The van der Waals surface area contributed by atoms with Crippen LogP contribution in [0.25, 0.3) is 11.2 Å². The summed E-state index contributed by atoms with van der Waals surface area (Å²) in [5, 5.41) is 7.44. The van der Waals surface area contributed by atoms with Gasteiger partial charge in [0.15, 0.2) is 16.9 Å². The zero-order valence-electron chi connectivity index (χ0n) is 10.8. The van der Waals surface area contributed by atoms with E-state index < -0.39 is 11.7 Å². The molecule has 0 saturated heterocycles. The quantitative estimate of drug-likeness (QED) is 0.353. The number of aromatic nitrogens is 5. The smallest absolute Gasteiger partial charge is 0.406 e. The first-order valence-corrected chi connectivity index (χ1v) is 6.04. The van der Waals surface area contributed by atoms with Crippen LogP contribution in [0.15, 0.2) is 33.7 Å². The van der Waals surface area contributed by atoms with Crippen LogP contribution in [0.4, 0.5) is 0 Å². The Balaban J connectivity index is 1.80. The van der Waals surface area contributed by atoms with Crippen molar-refractivity contribution in [1.29, 1.82) is 0 Å². The van der Waals surface area contributed by atoms with Gasteiger partial charge in [0.05, 0.1) is 19.3 Å². The van der Waals surface area contributed by atoms with Gasteiger partial charge in [-0.15, -0.1) is 5.10 Å². The van der Waals surface area contributed by atoms with Crippen molar-refractivity contribution in [1.82, 2.24) is 30.0 Å². The van der Waals surface area contributed by atoms with Crippen LogP contribution in [0.1, 0.15) is 10.5 Å². The summed E-state index contributed by atoms with van der Waals surface area (Å²) in [5.74, 6) is 3.97. The van der Waals surface area contributed by atoms with Gasteiger partial charge in [-0.25, -0.2) is 20.3 Å². The number of rotatable bonds is 4. The molecule has 0 saturated carbocycles. The van der Waals surface area contributed by atoms with Gasteiger partial charge in [-0.3, -0.25) is 14.8 Å². The largest absolute Gasteiger partial charge is 0.421 e. The highest BCUT2D eigenvalue weighted by molar-refractivity contribution is 5.91. The molecule has 3 aromatic rings. The second-order valence-electron chi connectivity index (χ2n) is 4.19.